The molecule has 3 nitrogen and oxygen atoms in total. The number of nitrogens with zero attached hydrogens (tertiary/aromatic N) is 2. The molecule has 0 N–H and O–H groups in total. The normalized spacial score (nSPS) is 16.7. The molecule has 2 heterocycles. The number of carbonyl (C=O) groups excluding carboxylic acids is 1. The summed E-state index contributed by atoms with van der Waals surface area (Å²) in [5.74, 6) is 0.124. The van der Waals surface area contributed by atoms with E-state index in [1.165, 1.54) is 17.4 Å². The summed E-state index contributed by atoms with van der Waals surface area (Å²) in [5.41, 5.74) is 0.552. The summed E-state index contributed by atoms with van der Waals surface area (Å²) in [7, 11) is 0. The van der Waals surface area contributed by atoms with Crippen LogP contribution >= 0.6 is 11.3 Å². The van der Waals surface area contributed by atoms with E-state index in [0.717, 1.165) is 37.8 Å². The van der Waals surface area contributed by atoms with E-state index in [2.05, 4.69) is 9.80 Å². The highest BCUT2D eigenvalue weighted by atomic mass is 32.1. The first-order chi connectivity index (χ1) is 12.4. The molecular weight excluding hydrogens is 361 g/mol. The van der Waals surface area contributed by atoms with E-state index < -0.39 is 11.7 Å². The molecule has 1 aromatic carbocycles. The van der Waals surface area contributed by atoms with Crippen LogP contribution in [0.2, 0.25) is 0 Å². The van der Waals surface area contributed by atoms with E-state index >= 15 is 0 Å². The lowest BCUT2D eigenvalue weighted by atomic mass is 10.0. The minimum atomic E-state index is -4.31. The highest BCUT2D eigenvalue weighted by Gasteiger charge is 2.32. The Morgan fingerprint density at radius 1 is 1.04 bits per heavy atom. The lowest BCUT2D eigenvalue weighted by Gasteiger charge is -2.34. The van der Waals surface area contributed by atoms with Crippen LogP contribution < -0.4 is 0 Å². The Balaban J connectivity index is 1.47. The molecule has 26 heavy (non-hydrogen) atoms. The molecule has 7 heteroatoms. The van der Waals surface area contributed by atoms with Gasteiger partial charge in [-0.15, -0.1) is 0 Å². The fourth-order valence-electron chi connectivity index (χ4n) is 3.18. The summed E-state index contributed by atoms with van der Waals surface area (Å²) < 4.78 is 39.2. The minimum Gasteiger partial charge on any atom is -0.300 e. The first kappa shape index (κ1) is 19.1. The SMILES string of the molecule is O=C(CN1CCN(CCc2ccccc2C(F)(F)F)CC1)c1ccsc1. The molecule has 0 amide bonds. The van der Waals surface area contributed by atoms with Gasteiger partial charge in [0.2, 0.25) is 0 Å². The van der Waals surface area contributed by atoms with Crippen molar-refractivity contribution in [1.29, 1.82) is 0 Å². The van der Waals surface area contributed by atoms with E-state index in [1.807, 2.05) is 16.8 Å². The van der Waals surface area contributed by atoms with Crippen LogP contribution in [-0.2, 0) is 12.6 Å². The van der Waals surface area contributed by atoms with Gasteiger partial charge in [0.15, 0.2) is 5.78 Å². The average molecular weight is 382 g/mol. The average Bonchev–Trinajstić information content (AvgIpc) is 3.15. The van der Waals surface area contributed by atoms with Crippen LogP contribution in [0, 0.1) is 0 Å². The highest BCUT2D eigenvalue weighted by Crippen LogP contribution is 2.32. The number of alkyl halides is 3. The van der Waals surface area contributed by atoms with Crippen LogP contribution in [0.4, 0.5) is 13.2 Å². The van der Waals surface area contributed by atoms with Gasteiger partial charge in [-0.3, -0.25) is 9.69 Å². The van der Waals surface area contributed by atoms with Crippen LogP contribution in [0.25, 0.3) is 0 Å². The molecule has 3 rings (SSSR count). The zero-order valence-electron chi connectivity index (χ0n) is 14.3. The Kier molecular flexibility index (Phi) is 6.11. The maximum absolute atomic E-state index is 13.1. The zero-order chi connectivity index (χ0) is 18.6. The Morgan fingerprint density at radius 3 is 2.38 bits per heavy atom. The van der Waals surface area contributed by atoms with Crippen LogP contribution in [0.5, 0.6) is 0 Å². The lowest BCUT2D eigenvalue weighted by Crippen LogP contribution is -2.48. The predicted molar refractivity (Wildman–Crippen MR) is 96.7 cm³/mol. The van der Waals surface area contributed by atoms with Crippen LogP contribution in [0.3, 0.4) is 0 Å². The second-order valence-corrected chi connectivity index (χ2v) is 7.24. The van der Waals surface area contributed by atoms with E-state index in [9.17, 15) is 18.0 Å². The fraction of sp³-hybridized carbons (Fsp3) is 0.421. The number of hydrogen-bond acceptors (Lipinski definition) is 4. The molecule has 0 bridgehead atoms. The van der Waals surface area contributed by atoms with Gasteiger partial charge in [0, 0.05) is 43.7 Å². The standard InChI is InChI=1S/C19H21F3N2OS/c20-19(21,22)17-4-2-1-3-15(17)5-7-23-8-10-24(11-9-23)13-18(25)16-6-12-26-14-16/h1-4,6,12,14H,5,7-11,13H2. The van der Waals surface area contributed by atoms with Crippen molar-refractivity contribution in [2.75, 3.05) is 39.3 Å². The molecule has 0 unspecified atom stereocenters. The number of hydrogen-bond donors (Lipinski definition) is 0. The summed E-state index contributed by atoms with van der Waals surface area (Å²) in [6.07, 6.45) is -3.93. The van der Waals surface area contributed by atoms with Gasteiger partial charge in [-0.05, 0) is 29.5 Å². The predicted octanol–water partition coefficient (Wildman–Crippen LogP) is 3.81. The van der Waals surface area contributed by atoms with Crippen LogP contribution in [-0.4, -0.2) is 54.9 Å². The fourth-order valence-corrected chi connectivity index (χ4v) is 3.84. The van der Waals surface area contributed by atoms with Gasteiger partial charge in [-0.1, -0.05) is 18.2 Å². The van der Waals surface area contributed by atoms with E-state index in [0.29, 0.717) is 25.1 Å². The molecule has 1 aliphatic rings. The number of Topliss-reactive ketones (excluding diaryl/α,β-unsaturated/α-hetero) is 1. The van der Waals surface area contributed by atoms with Crippen LogP contribution in [0.15, 0.2) is 41.1 Å². The van der Waals surface area contributed by atoms with Crippen molar-refractivity contribution in [3.8, 4) is 0 Å². The molecule has 0 spiro atoms. The van der Waals surface area contributed by atoms with Gasteiger partial charge in [-0.2, -0.15) is 24.5 Å². The summed E-state index contributed by atoms with van der Waals surface area (Å²) in [6.45, 7) is 4.06. The second-order valence-electron chi connectivity index (χ2n) is 6.46. The minimum absolute atomic E-state index is 0.124. The van der Waals surface area contributed by atoms with Gasteiger partial charge < -0.3 is 4.90 Å². The molecule has 1 aromatic heterocycles. The maximum atomic E-state index is 13.1. The van der Waals surface area contributed by atoms with Gasteiger partial charge in [0.1, 0.15) is 0 Å². The largest absolute Gasteiger partial charge is 0.416 e. The molecule has 2 aromatic rings. The number of ketones is 1. The Morgan fingerprint density at radius 2 is 1.73 bits per heavy atom. The van der Waals surface area contributed by atoms with Crippen molar-refractivity contribution in [1.82, 2.24) is 9.80 Å². The number of halogens is 3. The molecule has 0 radical (unpaired) electrons. The Hall–Kier alpha value is -1.70. The molecule has 0 aliphatic carbocycles. The van der Waals surface area contributed by atoms with Gasteiger partial charge >= 0.3 is 6.18 Å². The summed E-state index contributed by atoms with van der Waals surface area (Å²) in [5, 5.41) is 3.75. The maximum Gasteiger partial charge on any atom is 0.416 e. The van der Waals surface area contributed by atoms with Gasteiger partial charge in [-0.25, -0.2) is 0 Å². The Labute approximate surface area is 155 Å². The zero-order valence-corrected chi connectivity index (χ0v) is 15.2. The van der Waals surface area contributed by atoms with Crippen molar-refractivity contribution in [2.45, 2.75) is 12.6 Å². The first-order valence-electron chi connectivity index (χ1n) is 8.58. The summed E-state index contributed by atoms with van der Waals surface area (Å²) >= 11 is 1.51. The number of benzene rings is 1. The van der Waals surface area contributed by atoms with Crippen molar-refractivity contribution >= 4 is 17.1 Å². The lowest BCUT2D eigenvalue weighted by molar-refractivity contribution is -0.138. The smallest absolute Gasteiger partial charge is 0.300 e. The number of piperazine rings is 1. The monoisotopic (exact) mass is 382 g/mol. The van der Waals surface area contributed by atoms with E-state index in [-0.39, 0.29) is 5.78 Å². The van der Waals surface area contributed by atoms with Crippen LogP contribution in [0.1, 0.15) is 21.5 Å². The molecular formula is C19H21F3N2OS. The van der Waals surface area contributed by atoms with E-state index in [1.54, 1.807) is 12.1 Å². The van der Waals surface area contributed by atoms with Crippen molar-refractivity contribution in [2.24, 2.45) is 0 Å². The molecule has 0 saturated carbocycles. The molecule has 1 fully saturated rings. The number of rotatable bonds is 6. The molecule has 0 atom stereocenters. The third-order valence-electron chi connectivity index (χ3n) is 4.70. The third kappa shape index (κ3) is 4.93. The van der Waals surface area contributed by atoms with Crippen molar-refractivity contribution in [3.63, 3.8) is 0 Å². The van der Waals surface area contributed by atoms with Gasteiger partial charge in [0.25, 0.3) is 0 Å². The van der Waals surface area contributed by atoms with Gasteiger partial charge in [0.05, 0.1) is 12.1 Å². The first-order valence-corrected chi connectivity index (χ1v) is 9.53. The Bertz CT molecular complexity index is 723. The number of thiophene rings is 1. The van der Waals surface area contributed by atoms with Crippen molar-refractivity contribution < 1.29 is 18.0 Å². The number of carbonyl (C=O) groups is 1. The second kappa shape index (κ2) is 8.33. The highest BCUT2D eigenvalue weighted by molar-refractivity contribution is 7.08. The molecule has 140 valence electrons. The summed E-state index contributed by atoms with van der Waals surface area (Å²) in [4.78, 5) is 16.4. The van der Waals surface area contributed by atoms with E-state index in [4.69, 9.17) is 0 Å². The third-order valence-corrected chi connectivity index (χ3v) is 5.38. The van der Waals surface area contributed by atoms with Crippen molar-refractivity contribution in [3.05, 3.63) is 57.8 Å². The molecule has 1 aliphatic heterocycles. The quantitative estimate of drug-likeness (QED) is 0.710. The topological polar surface area (TPSA) is 23.6 Å². The summed E-state index contributed by atoms with van der Waals surface area (Å²) in [6, 6.07) is 7.61. The molecule has 1 saturated heterocycles.